The number of nitrogens with zero attached hydrogens (tertiary/aromatic N) is 6. The predicted molar refractivity (Wildman–Crippen MR) is 174 cm³/mol. The number of alkyl halides is 3. The number of amides is 1. The average molecular weight is 704 g/mol. The number of carbonyl (C=O) groups excluding carboxylic acids is 1. The van der Waals surface area contributed by atoms with Crippen molar-refractivity contribution < 1.29 is 41.0 Å². The lowest BCUT2D eigenvalue weighted by Crippen LogP contribution is -2.38. The van der Waals surface area contributed by atoms with E-state index in [-0.39, 0.29) is 54.5 Å². The van der Waals surface area contributed by atoms with Crippen LogP contribution < -0.4 is 5.32 Å². The van der Waals surface area contributed by atoms with Gasteiger partial charge in [0.05, 0.1) is 12.2 Å². The van der Waals surface area contributed by atoms with Crippen molar-refractivity contribution in [2.45, 2.75) is 76.6 Å². The molecule has 0 fully saturated rings. The van der Waals surface area contributed by atoms with Crippen LogP contribution in [0.3, 0.4) is 0 Å². The SMILES string of the molecule is Cn1cc(C2=CC(C)(S(=O)(=O)n3cc(-c4cn(CCCC(=O)O)nc4C(F)(F)F)c4cccnc43)CC=C2)c(CNC(=O)OC(C)(C)C)n1. The zero-order chi connectivity index (χ0) is 35.9. The van der Waals surface area contributed by atoms with Crippen LogP contribution >= 0.6 is 0 Å². The highest BCUT2D eigenvalue weighted by Gasteiger charge is 2.43. The van der Waals surface area contributed by atoms with Crippen molar-refractivity contribution in [3.63, 3.8) is 0 Å². The van der Waals surface area contributed by atoms with Crippen molar-refractivity contribution >= 4 is 38.7 Å². The van der Waals surface area contributed by atoms with E-state index < -0.39 is 44.3 Å². The van der Waals surface area contributed by atoms with Crippen molar-refractivity contribution in [1.29, 1.82) is 0 Å². The molecule has 0 saturated carbocycles. The van der Waals surface area contributed by atoms with E-state index in [1.807, 2.05) is 0 Å². The van der Waals surface area contributed by atoms with Gasteiger partial charge in [-0.1, -0.05) is 18.2 Å². The minimum atomic E-state index is -4.89. The molecule has 0 bridgehead atoms. The number of nitrogens with one attached hydrogen (secondary N) is 1. The molecule has 4 aromatic rings. The van der Waals surface area contributed by atoms with Crippen LogP contribution in [0, 0.1) is 0 Å². The molecule has 0 aromatic carbocycles. The van der Waals surface area contributed by atoms with Gasteiger partial charge in [-0.15, -0.1) is 0 Å². The Morgan fingerprint density at radius 2 is 1.84 bits per heavy atom. The number of hydrogen-bond acceptors (Lipinski definition) is 8. The number of rotatable bonds is 10. The van der Waals surface area contributed by atoms with E-state index in [2.05, 4.69) is 20.5 Å². The van der Waals surface area contributed by atoms with E-state index in [0.29, 0.717) is 16.8 Å². The molecular weight excluding hydrogens is 667 g/mol. The molecule has 1 atom stereocenters. The van der Waals surface area contributed by atoms with Crippen LogP contribution in [0.2, 0.25) is 0 Å². The number of ether oxygens (including phenoxy) is 1. The Labute approximate surface area is 280 Å². The van der Waals surface area contributed by atoms with Crippen molar-refractivity contribution in [1.82, 2.24) is 33.8 Å². The molecule has 0 spiro atoms. The Morgan fingerprint density at radius 3 is 2.51 bits per heavy atom. The summed E-state index contributed by atoms with van der Waals surface area (Å²) >= 11 is 0. The summed E-state index contributed by atoms with van der Waals surface area (Å²) in [5.74, 6) is -1.09. The maximum Gasteiger partial charge on any atom is 0.435 e. The van der Waals surface area contributed by atoms with E-state index in [1.54, 1.807) is 52.2 Å². The van der Waals surface area contributed by atoms with Gasteiger partial charge in [-0.2, -0.15) is 23.4 Å². The highest BCUT2D eigenvalue weighted by molar-refractivity contribution is 7.91. The smallest absolute Gasteiger partial charge is 0.435 e. The van der Waals surface area contributed by atoms with Crippen molar-refractivity contribution in [2.24, 2.45) is 7.05 Å². The largest absolute Gasteiger partial charge is 0.481 e. The molecule has 49 heavy (non-hydrogen) atoms. The molecule has 13 nitrogen and oxygen atoms in total. The summed E-state index contributed by atoms with van der Waals surface area (Å²) in [5.41, 5.74) is -0.894. The van der Waals surface area contributed by atoms with Crippen LogP contribution in [0.25, 0.3) is 27.7 Å². The van der Waals surface area contributed by atoms with Crippen molar-refractivity contribution in [3.8, 4) is 11.1 Å². The first-order chi connectivity index (χ1) is 22.8. The zero-order valence-electron chi connectivity index (χ0n) is 27.4. The van der Waals surface area contributed by atoms with E-state index >= 15 is 0 Å². The summed E-state index contributed by atoms with van der Waals surface area (Å²) in [7, 11) is -2.71. The summed E-state index contributed by atoms with van der Waals surface area (Å²) in [6.45, 7) is 6.62. The molecule has 1 unspecified atom stereocenters. The van der Waals surface area contributed by atoms with E-state index in [0.717, 1.165) is 21.0 Å². The van der Waals surface area contributed by atoms with Crippen LogP contribution in [0.15, 0.2) is 55.1 Å². The standard InChI is InChI=1S/C32H36F3N7O6S/c1-30(2,3)48-29(45)37-16-25-22(17-40(5)38-25)20-9-6-12-31(4,15-20)49(46,47)42-19-23(21-10-7-13-36-28(21)42)24-18-41(14-8-11-26(43)44)39-27(24)32(33,34)35/h6-7,9-10,13,15,17-19H,8,11-12,14,16H2,1-5H3,(H,37,45)(H,43,44). The summed E-state index contributed by atoms with van der Waals surface area (Å²) in [6, 6.07) is 2.97. The van der Waals surface area contributed by atoms with Crippen LogP contribution in [-0.4, -0.2) is 64.5 Å². The van der Waals surface area contributed by atoms with Gasteiger partial charge in [0.25, 0.3) is 0 Å². The maximum absolute atomic E-state index is 14.5. The van der Waals surface area contributed by atoms with Gasteiger partial charge in [-0.3, -0.25) is 14.2 Å². The number of aryl methyl sites for hydroxylation is 2. The Morgan fingerprint density at radius 1 is 1.10 bits per heavy atom. The van der Waals surface area contributed by atoms with Gasteiger partial charge in [0, 0.05) is 66.9 Å². The molecule has 1 aliphatic rings. The molecule has 0 saturated heterocycles. The molecule has 17 heteroatoms. The van der Waals surface area contributed by atoms with Gasteiger partial charge in [-0.05, 0) is 58.2 Å². The molecule has 4 heterocycles. The van der Waals surface area contributed by atoms with Crippen molar-refractivity contribution in [3.05, 3.63) is 72.1 Å². The molecule has 0 aliphatic heterocycles. The molecular formula is C32H36F3N7O6S. The van der Waals surface area contributed by atoms with Crippen molar-refractivity contribution in [2.75, 3.05) is 0 Å². The number of allylic oxidation sites excluding steroid dienone is 3. The van der Waals surface area contributed by atoms with Crippen LogP contribution in [0.5, 0.6) is 0 Å². The highest BCUT2D eigenvalue weighted by atomic mass is 32.2. The fraction of sp³-hybridized carbons (Fsp3) is 0.406. The molecule has 4 aromatic heterocycles. The Hall–Kier alpha value is -4.93. The quantitative estimate of drug-likeness (QED) is 0.217. The van der Waals surface area contributed by atoms with E-state index in [4.69, 9.17) is 9.84 Å². The molecule has 262 valence electrons. The third-order valence-electron chi connectivity index (χ3n) is 7.78. The van der Waals surface area contributed by atoms with Gasteiger partial charge in [-0.25, -0.2) is 22.2 Å². The highest BCUT2D eigenvalue weighted by Crippen LogP contribution is 2.42. The normalized spacial score (nSPS) is 16.9. The number of carbonyl (C=O) groups is 2. The predicted octanol–water partition coefficient (Wildman–Crippen LogP) is 5.52. The summed E-state index contributed by atoms with van der Waals surface area (Å²) in [4.78, 5) is 27.5. The minimum absolute atomic E-state index is 0.000772. The maximum atomic E-state index is 14.5. The number of carboxylic acids is 1. The molecule has 2 N–H and O–H groups in total. The van der Waals surface area contributed by atoms with Crippen LogP contribution in [-0.2, 0) is 45.9 Å². The second-order valence-corrected chi connectivity index (χ2v) is 15.2. The van der Waals surface area contributed by atoms with E-state index in [9.17, 15) is 31.2 Å². The molecule has 0 radical (unpaired) electrons. The number of halogens is 3. The van der Waals surface area contributed by atoms with Gasteiger partial charge in [0.2, 0.25) is 10.0 Å². The fourth-order valence-corrected chi connectivity index (χ4v) is 7.22. The first-order valence-corrected chi connectivity index (χ1v) is 16.7. The molecule has 5 rings (SSSR count). The third kappa shape index (κ3) is 7.40. The second-order valence-electron chi connectivity index (χ2n) is 12.9. The van der Waals surface area contributed by atoms with Gasteiger partial charge in [0.15, 0.2) is 11.3 Å². The fourth-order valence-electron chi connectivity index (χ4n) is 5.57. The molecule has 1 aliphatic carbocycles. The van der Waals surface area contributed by atoms with Gasteiger partial charge in [0.1, 0.15) is 10.3 Å². The second kappa shape index (κ2) is 12.8. The summed E-state index contributed by atoms with van der Waals surface area (Å²) in [5, 5.41) is 19.9. The minimum Gasteiger partial charge on any atom is -0.481 e. The number of hydrogen-bond donors (Lipinski definition) is 2. The number of aromatic nitrogens is 6. The number of fused-ring (bicyclic) bond motifs is 1. The lowest BCUT2D eigenvalue weighted by atomic mass is 9.93. The number of aliphatic carboxylic acids is 1. The summed E-state index contributed by atoms with van der Waals surface area (Å²) in [6.07, 6.45) is 4.59. The average Bonchev–Trinajstić information content (AvgIpc) is 3.70. The van der Waals surface area contributed by atoms with Gasteiger partial charge >= 0.3 is 18.2 Å². The Kier molecular flexibility index (Phi) is 9.27. The number of carboxylic acid groups (broad SMARTS) is 1. The molecule has 1 amide bonds. The lowest BCUT2D eigenvalue weighted by Gasteiger charge is -2.29. The first-order valence-electron chi connectivity index (χ1n) is 15.3. The monoisotopic (exact) mass is 703 g/mol. The first kappa shape index (κ1) is 35.4. The van der Waals surface area contributed by atoms with E-state index in [1.165, 1.54) is 29.9 Å². The topological polar surface area (TPSA) is 163 Å². The van der Waals surface area contributed by atoms with Crippen LogP contribution in [0.1, 0.15) is 63.9 Å². The van der Waals surface area contributed by atoms with Gasteiger partial charge < -0.3 is 15.2 Å². The lowest BCUT2D eigenvalue weighted by molar-refractivity contribution is -0.141. The third-order valence-corrected chi connectivity index (χ3v) is 10.0. The van der Waals surface area contributed by atoms with Crippen LogP contribution in [0.4, 0.5) is 18.0 Å². The number of alkyl carbamates (subject to hydrolysis) is 1. The Balaban J connectivity index is 1.55. The number of pyridine rings is 1. The Bertz CT molecular complexity index is 2090. The zero-order valence-corrected chi connectivity index (χ0v) is 28.3. The summed E-state index contributed by atoms with van der Waals surface area (Å²) < 4.78 is 78.9.